The minimum Gasteiger partial charge on any atom is -0.508 e. The van der Waals surface area contributed by atoms with E-state index in [1.54, 1.807) is 36.4 Å². The molecular weight excluding hydrogens is 348 g/mol. The van der Waals surface area contributed by atoms with Gasteiger partial charge in [0.1, 0.15) is 23.0 Å². The number of ether oxygens (including phenoxy) is 2. The van der Waals surface area contributed by atoms with Crippen molar-refractivity contribution in [1.29, 1.82) is 0 Å². The lowest BCUT2D eigenvalue weighted by Crippen LogP contribution is -2.07. The number of carboxylic acids is 1. The predicted octanol–water partition coefficient (Wildman–Crippen LogP) is 4.91. The number of phenols is 1. The van der Waals surface area contributed by atoms with Crippen LogP contribution in [0.2, 0.25) is 0 Å². The first kappa shape index (κ1) is 20.3. The molecule has 2 N–H and O–H groups in total. The van der Waals surface area contributed by atoms with E-state index in [2.05, 4.69) is 0 Å². The summed E-state index contributed by atoms with van der Waals surface area (Å²) >= 11 is 0. The average Bonchev–Trinajstić information content (AvgIpc) is 2.64. The molecule has 0 radical (unpaired) electrons. The molecule has 6 nitrogen and oxygen atoms in total. The first-order chi connectivity index (χ1) is 13.0. The fraction of sp³-hybridized carbons (Fsp3) is 0.333. The third kappa shape index (κ3) is 8.27. The van der Waals surface area contributed by atoms with Crippen LogP contribution >= 0.6 is 0 Å². The van der Waals surface area contributed by atoms with E-state index in [1.165, 1.54) is 12.1 Å². The molecule has 0 saturated heterocycles. The number of carbonyl (C=O) groups excluding carboxylic acids is 1. The molecule has 0 aliphatic heterocycles. The second-order valence-corrected chi connectivity index (χ2v) is 6.20. The molecule has 0 spiro atoms. The Kier molecular flexibility index (Phi) is 8.16. The van der Waals surface area contributed by atoms with Crippen molar-refractivity contribution in [2.75, 3.05) is 0 Å². The lowest BCUT2D eigenvalue weighted by Gasteiger charge is -2.08. The smallest absolute Gasteiger partial charge is 0.311 e. The second kappa shape index (κ2) is 10.9. The fourth-order valence-electron chi connectivity index (χ4n) is 2.48. The van der Waals surface area contributed by atoms with Crippen LogP contribution in [0.1, 0.15) is 44.9 Å². The van der Waals surface area contributed by atoms with E-state index < -0.39 is 5.97 Å². The third-order valence-electron chi connectivity index (χ3n) is 3.90. The van der Waals surface area contributed by atoms with Crippen LogP contribution in [0.3, 0.4) is 0 Å². The molecule has 0 aliphatic carbocycles. The monoisotopic (exact) mass is 372 g/mol. The Labute approximate surface area is 158 Å². The number of esters is 1. The molecule has 0 atom stereocenters. The van der Waals surface area contributed by atoms with Crippen molar-refractivity contribution in [3.8, 4) is 23.0 Å². The standard InChI is InChI=1S/C21H24O6/c22-16-8-10-17(11-9-16)26-18-12-14-19(15-13-18)27-21(25)7-5-3-1-2-4-6-20(23)24/h8-15,22H,1-7H2,(H,23,24). The number of hydrogen-bond acceptors (Lipinski definition) is 5. The Morgan fingerprint density at radius 1 is 0.704 bits per heavy atom. The highest BCUT2D eigenvalue weighted by Gasteiger charge is 2.06. The molecule has 0 unspecified atom stereocenters. The van der Waals surface area contributed by atoms with E-state index >= 15 is 0 Å². The maximum Gasteiger partial charge on any atom is 0.311 e. The highest BCUT2D eigenvalue weighted by Crippen LogP contribution is 2.25. The van der Waals surface area contributed by atoms with Gasteiger partial charge in [-0.25, -0.2) is 0 Å². The van der Waals surface area contributed by atoms with Crippen LogP contribution in [0.4, 0.5) is 0 Å². The maximum atomic E-state index is 11.8. The summed E-state index contributed by atoms with van der Waals surface area (Å²) in [5, 5.41) is 17.8. The zero-order valence-electron chi connectivity index (χ0n) is 15.1. The van der Waals surface area contributed by atoms with E-state index in [9.17, 15) is 14.7 Å². The van der Waals surface area contributed by atoms with E-state index in [0.29, 0.717) is 30.1 Å². The molecule has 0 heterocycles. The molecule has 0 amide bonds. The summed E-state index contributed by atoms with van der Waals surface area (Å²) in [5.74, 6) is 0.776. The molecule has 6 heteroatoms. The normalized spacial score (nSPS) is 10.4. The summed E-state index contributed by atoms with van der Waals surface area (Å²) in [4.78, 5) is 22.2. The Morgan fingerprint density at radius 3 is 1.78 bits per heavy atom. The molecule has 144 valence electrons. The van der Waals surface area contributed by atoms with Crippen molar-refractivity contribution >= 4 is 11.9 Å². The number of carbonyl (C=O) groups is 2. The van der Waals surface area contributed by atoms with Gasteiger partial charge in [-0.1, -0.05) is 19.3 Å². The van der Waals surface area contributed by atoms with Crippen molar-refractivity contribution in [3.63, 3.8) is 0 Å². The van der Waals surface area contributed by atoms with Gasteiger partial charge in [-0.05, 0) is 61.4 Å². The van der Waals surface area contributed by atoms with E-state index in [-0.39, 0.29) is 18.1 Å². The predicted molar refractivity (Wildman–Crippen MR) is 100 cm³/mol. The van der Waals surface area contributed by atoms with Gasteiger partial charge in [0.2, 0.25) is 0 Å². The van der Waals surface area contributed by atoms with Crippen LogP contribution in [0.15, 0.2) is 48.5 Å². The topological polar surface area (TPSA) is 93.1 Å². The molecule has 27 heavy (non-hydrogen) atoms. The van der Waals surface area contributed by atoms with Gasteiger partial charge >= 0.3 is 11.9 Å². The third-order valence-corrected chi connectivity index (χ3v) is 3.90. The summed E-state index contributed by atoms with van der Waals surface area (Å²) < 4.78 is 10.9. The maximum absolute atomic E-state index is 11.8. The Hall–Kier alpha value is -3.02. The highest BCUT2D eigenvalue weighted by molar-refractivity contribution is 5.72. The van der Waals surface area contributed by atoms with Gasteiger partial charge in [-0.15, -0.1) is 0 Å². The van der Waals surface area contributed by atoms with Gasteiger partial charge in [0.25, 0.3) is 0 Å². The number of aromatic hydroxyl groups is 1. The lowest BCUT2D eigenvalue weighted by molar-refractivity contribution is -0.137. The minimum atomic E-state index is -0.766. The van der Waals surface area contributed by atoms with Crippen molar-refractivity contribution in [2.24, 2.45) is 0 Å². The summed E-state index contributed by atoms with van der Waals surface area (Å²) in [6.45, 7) is 0. The van der Waals surface area contributed by atoms with E-state index in [1.807, 2.05) is 0 Å². The summed E-state index contributed by atoms with van der Waals surface area (Å²) in [5.41, 5.74) is 0. The van der Waals surface area contributed by atoms with Gasteiger partial charge in [0.15, 0.2) is 0 Å². The summed E-state index contributed by atoms with van der Waals surface area (Å²) in [7, 11) is 0. The molecule has 0 aliphatic rings. The first-order valence-corrected chi connectivity index (χ1v) is 9.02. The van der Waals surface area contributed by atoms with Crippen LogP contribution in [0, 0.1) is 0 Å². The van der Waals surface area contributed by atoms with Gasteiger partial charge < -0.3 is 19.7 Å². The van der Waals surface area contributed by atoms with Crippen LogP contribution in [-0.4, -0.2) is 22.2 Å². The molecule has 0 saturated carbocycles. The van der Waals surface area contributed by atoms with Gasteiger partial charge in [-0.2, -0.15) is 0 Å². The Morgan fingerprint density at radius 2 is 1.19 bits per heavy atom. The molecule has 0 bridgehead atoms. The van der Waals surface area contributed by atoms with Crippen molar-refractivity contribution in [1.82, 2.24) is 0 Å². The molecule has 2 aromatic carbocycles. The number of benzene rings is 2. The zero-order chi connectivity index (χ0) is 19.5. The Bertz CT molecular complexity index is 721. The van der Waals surface area contributed by atoms with Crippen molar-refractivity contribution < 1.29 is 29.3 Å². The number of aliphatic carboxylic acids is 1. The number of hydrogen-bond donors (Lipinski definition) is 2. The zero-order valence-corrected chi connectivity index (χ0v) is 15.1. The fourth-order valence-corrected chi connectivity index (χ4v) is 2.48. The number of carboxylic acid groups (broad SMARTS) is 1. The SMILES string of the molecule is O=C(O)CCCCCCCC(=O)Oc1ccc(Oc2ccc(O)cc2)cc1. The minimum absolute atomic E-state index is 0.171. The first-order valence-electron chi connectivity index (χ1n) is 9.02. The molecular formula is C21H24O6. The number of phenolic OH excluding ortho intramolecular Hbond substituents is 1. The van der Waals surface area contributed by atoms with Crippen LogP contribution < -0.4 is 9.47 Å². The van der Waals surface area contributed by atoms with E-state index in [0.717, 1.165) is 25.7 Å². The van der Waals surface area contributed by atoms with Gasteiger partial charge in [-0.3, -0.25) is 9.59 Å². The van der Waals surface area contributed by atoms with Crippen molar-refractivity contribution in [2.45, 2.75) is 44.9 Å². The largest absolute Gasteiger partial charge is 0.508 e. The highest BCUT2D eigenvalue weighted by atomic mass is 16.5. The van der Waals surface area contributed by atoms with Crippen LogP contribution in [0.5, 0.6) is 23.0 Å². The number of rotatable bonds is 11. The van der Waals surface area contributed by atoms with Crippen LogP contribution in [0.25, 0.3) is 0 Å². The van der Waals surface area contributed by atoms with Gasteiger partial charge in [0, 0.05) is 12.8 Å². The summed E-state index contributed by atoms with van der Waals surface area (Å²) in [6, 6.07) is 13.1. The molecule has 2 aromatic rings. The van der Waals surface area contributed by atoms with E-state index in [4.69, 9.17) is 14.6 Å². The molecule has 0 aromatic heterocycles. The lowest BCUT2D eigenvalue weighted by atomic mass is 10.1. The van der Waals surface area contributed by atoms with Crippen molar-refractivity contribution in [3.05, 3.63) is 48.5 Å². The van der Waals surface area contributed by atoms with Gasteiger partial charge in [0.05, 0.1) is 0 Å². The summed E-state index contributed by atoms with van der Waals surface area (Å²) in [6.07, 6.45) is 4.62. The average molecular weight is 372 g/mol. The molecule has 2 rings (SSSR count). The Balaban J connectivity index is 1.65. The molecule has 0 fully saturated rings. The number of unbranched alkanes of at least 4 members (excludes halogenated alkanes) is 4. The second-order valence-electron chi connectivity index (χ2n) is 6.20. The quantitative estimate of drug-likeness (QED) is 0.331. The van der Waals surface area contributed by atoms with Crippen LogP contribution in [-0.2, 0) is 9.59 Å².